The number of alkyl halides is 2. The van der Waals surface area contributed by atoms with Crippen molar-refractivity contribution >= 4 is 28.4 Å². The Morgan fingerprint density at radius 2 is 2.14 bits per heavy atom. The number of aromatic hydroxyl groups is 1. The molecule has 7 heteroatoms. The van der Waals surface area contributed by atoms with E-state index in [0.717, 1.165) is 6.07 Å². The minimum Gasteiger partial charge on any atom is -0.504 e. The fourth-order valence-electron chi connectivity index (χ4n) is 0.779. The van der Waals surface area contributed by atoms with Gasteiger partial charge >= 0.3 is 0 Å². The molecule has 1 aromatic rings. The van der Waals surface area contributed by atoms with Gasteiger partial charge in [-0.3, -0.25) is 4.79 Å². The molecule has 0 spiro atoms. The van der Waals surface area contributed by atoms with Crippen LogP contribution in [0.3, 0.4) is 0 Å². The van der Waals surface area contributed by atoms with E-state index < -0.39 is 28.8 Å². The highest BCUT2D eigenvalue weighted by Crippen LogP contribution is 2.33. The van der Waals surface area contributed by atoms with Gasteiger partial charge in [0, 0.05) is 0 Å². The zero-order valence-corrected chi connectivity index (χ0v) is 7.98. The van der Waals surface area contributed by atoms with Gasteiger partial charge in [0.15, 0.2) is 11.4 Å². The Hall–Kier alpha value is -0.940. The summed E-state index contributed by atoms with van der Waals surface area (Å²) < 4.78 is 24.4. The summed E-state index contributed by atoms with van der Waals surface area (Å²) in [4.78, 5) is 13.8. The maximum Gasteiger partial charge on any atom is 0.284 e. The zero-order valence-electron chi connectivity index (χ0n) is 6.47. The lowest BCUT2D eigenvalue weighted by molar-refractivity contribution is 0.107. The number of aromatic nitrogens is 1. The van der Waals surface area contributed by atoms with E-state index in [1.54, 1.807) is 0 Å². The zero-order chi connectivity index (χ0) is 10.9. The third-order valence-corrected chi connectivity index (χ3v) is 1.86. The molecular formula is C7H3Cl2F2NO2. The smallest absolute Gasteiger partial charge is 0.284 e. The molecule has 0 atom stereocenters. The average molecular weight is 242 g/mol. The van der Waals surface area contributed by atoms with Crippen LogP contribution in [0.5, 0.6) is 5.75 Å². The molecule has 0 radical (unpaired) electrons. The Kier molecular flexibility index (Phi) is 3.23. The standard InChI is InChI=1S/C7H3Cl2F2NO2/c8-2-1-3(6(9)14)12-4(5(2)13)7(10)11/h1,7,13H. The summed E-state index contributed by atoms with van der Waals surface area (Å²) in [5.74, 6) is -0.844. The van der Waals surface area contributed by atoms with Gasteiger partial charge in [0.25, 0.3) is 11.7 Å². The van der Waals surface area contributed by atoms with Gasteiger partial charge < -0.3 is 5.11 Å². The molecule has 14 heavy (non-hydrogen) atoms. The van der Waals surface area contributed by atoms with Gasteiger partial charge in [0.1, 0.15) is 5.69 Å². The lowest BCUT2D eigenvalue weighted by Gasteiger charge is -2.05. The Balaban J connectivity index is 3.35. The van der Waals surface area contributed by atoms with Crippen LogP contribution >= 0.6 is 23.2 Å². The second-order valence-corrected chi connectivity index (χ2v) is 3.05. The molecule has 0 saturated carbocycles. The highest BCUT2D eigenvalue weighted by atomic mass is 35.5. The molecule has 0 aliphatic rings. The normalized spacial score (nSPS) is 10.6. The molecule has 1 aromatic heterocycles. The number of carbonyl (C=O) groups excluding carboxylic acids is 1. The van der Waals surface area contributed by atoms with Crippen molar-refractivity contribution in [3.63, 3.8) is 0 Å². The fraction of sp³-hybridized carbons (Fsp3) is 0.143. The third kappa shape index (κ3) is 2.10. The first-order valence-corrected chi connectivity index (χ1v) is 4.06. The summed E-state index contributed by atoms with van der Waals surface area (Å²) in [7, 11) is 0. The first kappa shape index (κ1) is 11.1. The number of nitrogens with zero attached hydrogens (tertiary/aromatic N) is 1. The Bertz CT molecular complexity index is 384. The van der Waals surface area contributed by atoms with Crippen molar-refractivity contribution in [2.24, 2.45) is 0 Å². The van der Waals surface area contributed by atoms with Crippen molar-refractivity contribution in [3.8, 4) is 5.75 Å². The van der Waals surface area contributed by atoms with Gasteiger partial charge in [-0.2, -0.15) is 0 Å². The molecule has 0 fully saturated rings. The van der Waals surface area contributed by atoms with Gasteiger partial charge in [-0.25, -0.2) is 13.8 Å². The van der Waals surface area contributed by atoms with Crippen LogP contribution in [0.25, 0.3) is 0 Å². The summed E-state index contributed by atoms with van der Waals surface area (Å²) in [6.45, 7) is 0. The van der Waals surface area contributed by atoms with Crippen LogP contribution < -0.4 is 0 Å². The van der Waals surface area contributed by atoms with E-state index in [1.807, 2.05) is 0 Å². The van der Waals surface area contributed by atoms with E-state index in [4.69, 9.17) is 28.3 Å². The number of hydrogen-bond donors (Lipinski definition) is 1. The second kappa shape index (κ2) is 4.06. The maximum atomic E-state index is 12.2. The van der Waals surface area contributed by atoms with Gasteiger partial charge in [-0.05, 0) is 17.7 Å². The van der Waals surface area contributed by atoms with Crippen LogP contribution in [-0.2, 0) is 0 Å². The lowest BCUT2D eigenvalue weighted by Crippen LogP contribution is -2.00. The van der Waals surface area contributed by atoms with Crippen LogP contribution in [0.4, 0.5) is 8.78 Å². The van der Waals surface area contributed by atoms with E-state index in [-0.39, 0.29) is 5.02 Å². The molecule has 1 heterocycles. The topological polar surface area (TPSA) is 50.2 Å². The van der Waals surface area contributed by atoms with E-state index in [0.29, 0.717) is 0 Å². The maximum absolute atomic E-state index is 12.2. The Morgan fingerprint density at radius 1 is 1.57 bits per heavy atom. The molecule has 0 saturated heterocycles. The summed E-state index contributed by atoms with van der Waals surface area (Å²) in [6.07, 6.45) is -3.02. The van der Waals surface area contributed by atoms with Gasteiger partial charge in [-0.1, -0.05) is 11.6 Å². The first-order valence-electron chi connectivity index (χ1n) is 3.31. The monoisotopic (exact) mass is 241 g/mol. The molecule has 0 aromatic carbocycles. The largest absolute Gasteiger partial charge is 0.504 e. The van der Waals surface area contributed by atoms with Crippen molar-refractivity contribution in [3.05, 3.63) is 22.5 Å². The first-order chi connectivity index (χ1) is 6.43. The Labute approximate surface area is 87.3 Å². The molecule has 76 valence electrons. The third-order valence-electron chi connectivity index (χ3n) is 1.38. The number of rotatable bonds is 2. The van der Waals surface area contributed by atoms with Crippen LogP contribution in [0.2, 0.25) is 5.02 Å². The van der Waals surface area contributed by atoms with E-state index >= 15 is 0 Å². The predicted molar refractivity (Wildman–Crippen MR) is 46.1 cm³/mol. The summed E-state index contributed by atoms with van der Waals surface area (Å²) >= 11 is 10.4. The molecule has 1 N–H and O–H groups in total. The number of pyridine rings is 1. The van der Waals surface area contributed by atoms with Crippen LogP contribution in [-0.4, -0.2) is 15.3 Å². The molecular weight excluding hydrogens is 239 g/mol. The summed E-state index contributed by atoms with van der Waals surface area (Å²) in [5, 5.41) is 7.64. The van der Waals surface area contributed by atoms with E-state index in [9.17, 15) is 13.6 Å². The highest BCUT2D eigenvalue weighted by Gasteiger charge is 2.20. The van der Waals surface area contributed by atoms with Crippen molar-refractivity contribution < 1.29 is 18.7 Å². The Morgan fingerprint density at radius 3 is 2.57 bits per heavy atom. The van der Waals surface area contributed by atoms with Crippen molar-refractivity contribution in [2.45, 2.75) is 6.43 Å². The number of hydrogen-bond acceptors (Lipinski definition) is 3. The molecule has 0 unspecified atom stereocenters. The second-order valence-electron chi connectivity index (χ2n) is 2.30. The molecule has 0 amide bonds. The fourth-order valence-corrected chi connectivity index (χ4v) is 1.08. The molecule has 1 rings (SSSR count). The van der Waals surface area contributed by atoms with Crippen molar-refractivity contribution in [1.82, 2.24) is 4.98 Å². The molecule has 0 aliphatic carbocycles. The predicted octanol–water partition coefficient (Wildman–Crippen LogP) is 2.76. The van der Waals surface area contributed by atoms with Gasteiger partial charge in [-0.15, -0.1) is 0 Å². The van der Waals surface area contributed by atoms with Crippen LogP contribution in [0.1, 0.15) is 22.6 Å². The summed E-state index contributed by atoms with van der Waals surface area (Å²) in [5.41, 5.74) is -1.38. The van der Waals surface area contributed by atoms with Crippen LogP contribution in [0.15, 0.2) is 6.07 Å². The minimum absolute atomic E-state index is 0.390. The summed E-state index contributed by atoms with van der Waals surface area (Å²) in [6, 6.07) is 0.915. The van der Waals surface area contributed by atoms with Crippen LogP contribution in [0, 0.1) is 0 Å². The SMILES string of the molecule is O=C(Cl)c1cc(Cl)c(O)c(C(F)F)n1. The average Bonchev–Trinajstić information content (AvgIpc) is 2.08. The van der Waals surface area contributed by atoms with Crippen molar-refractivity contribution in [2.75, 3.05) is 0 Å². The minimum atomic E-state index is -3.02. The van der Waals surface area contributed by atoms with Gasteiger partial charge in [0.2, 0.25) is 0 Å². The number of carbonyl (C=O) groups is 1. The van der Waals surface area contributed by atoms with E-state index in [1.165, 1.54) is 0 Å². The molecule has 3 nitrogen and oxygen atoms in total. The van der Waals surface area contributed by atoms with Crippen molar-refractivity contribution in [1.29, 1.82) is 0 Å². The highest BCUT2D eigenvalue weighted by molar-refractivity contribution is 6.67. The lowest BCUT2D eigenvalue weighted by atomic mass is 10.3. The van der Waals surface area contributed by atoms with E-state index in [2.05, 4.69) is 4.98 Å². The number of halogens is 4. The molecule has 0 bridgehead atoms. The molecule has 0 aliphatic heterocycles. The quantitative estimate of drug-likeness (QED) is 0.811. The van der Waals surface area contributed by atoms with Gasteiger partial charge in [0.05, 0.1) is 5.02 Å².